The molecular formula is C20H30IN3O. The highest BCUT2D eigenvalue weighted by atomic mass is 127. The predicted octanol–water partition coefficient (Wildman–Crippen LogP) is 3.63. The lowest BCUT2D eigenvalue weighted by atomic mass is 9.54. The smallest absolute Gasteiger partial charge is 0.191 e. The fraction of sp³-hybridized carbons (Fsp3) is 0.650. The molecule has 0 radical (unpaired) electrons. The maximum atomic E-state index is 6.08. The van der Waals surface area contributed by atoms with E-state index in [1.54, 1.807) is 0 Å². The minimum Gasteiger partial charge on any atom is -0.377 e. The van der Waals surface area contributed by atoms with Crippen LogP contribution in [0, 0.1) is 18.3 Å². The molecule has 1 saturated heterocycles. The first-order valence-corrected chi connectivity index (χ1v) is 9.37. The molecule has 1 spiro atoms. The van der Waals surface area contributed by atoms with Crippen LogP contribution in [0.2, 0.25) is 0 Å². The van der Waals surface area contributed by atoms with Crippen molar-refractivity contribution in [3.8, 4) is 0 Å². The number of halogens is 1. The molecule has 4 nitrogen and oxygen atoms in total. The summed E-state index contributed by atoms with van der Waals surface area (Å²) in [5.74, 6) is 1.60. The standard InChI is InChI=1S/C20H29N3O.HI/c1-14-5-7-15(8-6-14)13-22-19(21-2)23-17-16-9-12-24-18(16)20(17)10-3-4-11-20;/h5-8,16-18H,3-4,9-13H2,1-2H3,(H2,21,22,23);1H. The van der Waals surface area contributed by atoms with Gasteiger partial charge in [-0.15, -0.1) is 24.0 Å². The Morgan fingerprint density at radius 1 is 1.24 bits per heavy atom. The molecule has 0 amide bonds. The molecule has 3 aliphatic rings. The lowest BCUT2D eigenvalue weighted by Gasteiger charge is -2.57. The zero-order valence-electron chi connectivity index (χ0n) is 15.3. The van der Waals surface area contributed by atoms with Crippen LogP contribution >= 0.6 is 24.0 Å². The van der Waals surface area contributed by atoms with E-state index in [1.807, 2.05) is 7.05 Å². The van der Waals surface area contributed by atoms with Crippen molar-refractivity contribution in [2.24, 2.45) is 16.3 Å². The average Bonchev–Trinajstić information content (AvgIpc) is 3.25. The number of aryl methyl sites for hydroxylation is 1. The largest absolute Gasteiger partial charge is 0.377 e. The number of aliphatic imine (C=N–C) groups is 1. The normalized spacial score (nSPS) is 29.7. The summed E-state index contributed by atoms with van der Waals surface area (Å²) in [6.07, 6.45) is 6.99. The van der Waals surface area contributed by atoms with Gasteiger partial charge in [-0.1, -0.05) is 42.7 Å². The predicted molar refractivity (Wildman–Crippen MR) is 112 cm³/mol. The average molecular weight is 455 g/mol. The molecule has 1 aromatic rings. The van der Waals surface area contributed by atoms with Gasteiger partial charge in [0, 0.05) is 37.6 Å². The van der Waals surface area contributed by atoms with Crippen molar-refractivity contribution in [2.75, 3.05) is 13.7 Å². The molecule has 1 aromatic carbocycles. The van der Waals surface area contributed by atoms with Gasteiger partial charge in [-0.25, -0.2) is 0 Å². The summed E-state index contributed by atoms with van der Waals surface area (Å²) in [6.45, 7) is 3.87. The van der Waals surface area contributed by atoms with Crippen LogP contribution < -0.4 is 10.6 Å². The van der Waals surface area contributed by atoms with Crippen molar-refractivity contribution in [1.82, 2.24) is 10.6 Å². The van der Waals surface area contributed by atoms with Crippen LogP contribution in [-0.2, 0) is 11.3 Å². The van der Waals surface area contributed by atoms with Crippen LogP contribution in [0.25, 0.3) is 0 Å². The van der Waals surface area contributed by atoms with Crippen LogP contribution in [0.15, 0.2) is 29.3 Å². The SMILES string of the molecule is CN=C(NCc1ccc(C)cc1)NC1C2CCOC2C12CCCC2.I. The maximum Gasteiger partial charge on any atom is 0.191 e. The summed E-state index contributed by atoms with van der Waals surface area (Å²) in [4.78, 5) is 4.46. The first-order valence-electron chi connectivity index (χ1n) is 9.37. The fourth-order valence-electron chi connectivity index (χ4n) is 5.14. The van der Waals surface area contributed by atoms with E-state index in [0.717, 1.165) is 19.1 Å². The highest BCUT2D eigenvalue weighted by Gasteiger charge is 2.65. The van der Waals surface area contributed by atoms with Crippen LogP contribution in [0.5, 0.6) is 0 Å². The highest BCUT2D eigenvalue weighted by Crippen LogP contribution is 2.60. The Bertz CT molecular complexity index is 610. The molecule has 1 aliphatic heterocycles. The minimum absolute atomic E-state index is 0. The van der Waals surface area contributed by atoms with Crippen LogP contribution in [-0.4, -0.2) is 31.8 Å². The van der Waals surface area contributed by atoms with Gasteiger partial charge in [-0.3, -0.25) is 4.99 Å². The molecule has 2 aliphatic carbocycles. The number of benzene rings is 1. The number of hydrogen-bond donors (Lipinski definition) is 2. The number of ether oxygens (including phenoxy) is 1. The minimum atomic E-state index is 0. The molecule has 3 fully saturated rings. The Morgan fingerprint density at radius 3 is 2.64 bits per heavy atom. The number of rotatable bonds is 3. The van der Waals surface area contributed by atoms with Crippen molar-refractivity contribution >= 4 is 29.9 Å². The van der Waals surface area contributed by atoms with Crippen molar-refractivity contribution < 1.29 is 4.74 Å². The summed E-state index contributed by atoms with van der Waals surface area (Å²) in [7, 11) is 1.87. The van der Waals surface area contributed by atoms with E-state index >= 15 is 0 Å². The third kappa shape index (κ3) is 3.42. The molecule has 5 heteroatoms. The van der Waals surface area contributed by atoms with Crippen LogP contribution in [0.3, 0.4) is 0 Å². The van der Waals surface area contributed by atoms with Crippen molar-refractivity contribution in [3.05, 3.63) is 35.4 Å². The Labute approximate surface area is 168 Å². The first kappa shape index (κ1) is 19.0. The summed E-state index contributed by atoms with van der Waals surface area (Å²) in [5, 5.41) is 7.24. The lowest BCUT2D eigenvalue weighted by molar-refractivity contribution is -0.125. The lowest BCUT2D eigenvalue weighted by Crippen LogP contribution is -2.69. The fourth-order valence-corrected chi connectivity index (χ4v) is 5.14. The van der Waals surface area contributed by atoms with Gasteiger partial charge in [0.1, 0.15) is 0 Å². The number of nitrogens with one attached hydrogen (secondary N) is 2. The number of hydrogen-bond acceptors (Lipinski definition) is 2. The molecule has 2 N–H and O–H groups in total. The molecular weight excluding hydrogens is 425 g/mol. The summed E-state index contributed by atoms with van der Waals surface area (Å²) >= 11 is 0. The third-order valence-electron chi connectivity index (χ3n) is 6.38. The Balaban J connectivity index is 0.00000182. The molecule has 3 atom stereocenters. The van der Waals surface area contributed by atoms with Gasteiger partial charge in [0.15, 0.2) is 5.96 Å². The Morgan fingerprint density at radius 2 is 1.96 bits per heavy atom. The summed E-state index contributed by atoms with van der Waals surface area (Å²) < 4.78 is 6.08. The molecule has 2 saturated carbocycles. The van der Waals surface area contributed by atoms with Gasteiger partial charge in [-0.2, -0.15) is 0 Å². The highest BCUT2D eigenvalue weighted by molar-refractivity contribution is 14.0. The van der Waals surface area contributed by atoms with E-state index in [2.05, 4.69) is 46.8 Å². The van der Waals surface area contributed by atoms with Gasteiger partial charge >= 0.3 is 0 Å². The van der Waals surface area contributed by atoms with Gasteiger partial charge in [0.2, 0.25) is 0 Å². The molecule has 1 heterocycles. The van der Waals surface area contributed by atoms with Gasteiger partial charge < -0.3 is 15.4 Å². The van der Waals surface area contributed by atoms with Crippen LogP contribution in [0.1, 0.15) is 43.2 Å². The molecule has 25 heavy (non-hydrogen) atoms. The van der Waals surface area contributed by atoms with Crippen LogP contribution in [0.4, 0.5) is 0 Å². The zero-order chi connectivity index (χ0) is 16.6. The summed E-state index contributed by atoms with van der Waals surface area (Å²) in [5.41, 5.74) is 2.95. The van der Waals surface area contributed by atoms with Crippen molar-refractivity contribution in [3.63, 3.8) is 0 Å². The van der Waals surface area contributed by atoms with E-state index in [4.69, 9.17) is 4.74 Å². The number of fused-ring (bicyclic) bond motifs is 2. The second-order valence-corrected chi connectivity index (χ2v) is 7.72. The quantitative estimate of drug-likeness (QED) is 0.416. The van der Waals surface area contributed by atoms with Crippen molar-refractivity contribution in [1.29, 1.82) is 0 Å². The monoisotopic (exact) mass is 455 g/mol. The van der Waals surface area contributed by atoms with Crippen molar-refractivity contribution in [2.45, 2.75) is 57.7 Å². The molecule has 4 rings (SSSR count). The third-order valence-corrected chi connectivity index (χ3v) is 6.38. The van der Waals surface area contributed by atoms with E-state index in [-0.39, 0.29) is 24.0 Å². The van der Waals surface area contributed by atoms with Gasteiger partial charge in [0.25, 0.3) is 0 Å². The second-order valence-electron chi connectivity index (χ2n) is 7.72. The number of nitrogens with zero attached hydrogens (tertiary/aromatic N) is 1. The van der Waals surface area contributed by atoms with E-state index in [0.29, 0.717) is 23.5 Å². The second kappa shape index (κ2) is 7.82. The molecule has 0 aromatic heterocycles. The Kier molecular flexibility index (Phi) is 5.93. The topological polar surface area (TPSA) is 45.7 Å². The van der Waals surface area contributed by atoms with Gasteiger partial charge in [-0.05, 0) is 31.7 Å². The van der Waals surface area contributed by atoms with Gasteiger partial charge in [0.05, 0.1) is 6.10 Å². The zero-order valence-corrected chi connectivity index (χ0v) is 17.6. The number of guanidine groups is 1. The molecule has 3 unspecified atom stereocenters. The molecule has 0 bridgehead atoms. The first-order chi connectivity index (χ1) is 11.7. The van der Waals surface area contributed by atoms with E-state index in [1.165, 1.54) is 43.2 Å². The van der Waals surface area contributed by atoms with E-state index < -0.39 is 0 Å². The Hall–Kier alpha value is -0.820. The molecule has 138 valence electrons. The van der Waals surface area contributed by atoms with E-state index in [9.17, 15) is 0 Å². The maximum absolute atomic E-state index is 6.08. The summed E-state index contributed by atoms with van der Waals surface area (Å²) in [6, 6.07) is 9.20.